The number of rotatable bonds is 5. The second-order valence-electron chi connectivity index (χ2n) is 7.77. The number of nitrogens with zero attached hydrogens (tertiary/aromatic N) is 5. The van der Waals surface area contributed by atoms with E-state index in [1.807, 2.05) is 25.4 Å². The van der Waals surface area contributed by atoms with Crippen LogP contribution < -0.4 is 0 Å². The van der Waals surface area contributed by atoms with Crippen LogP contribution in [0.25, 0.3) is 22.2 Å². The summed E-state index contributed by atoms with van der Waals surface area (Å²) in [6.07, 6.45) is 1.38. The van der Waals surface area contributed by atoms with Crippen molar-refractivity contribution >= 4 is 16.7 Å². The maximum absolute atomic E-state index is 12.8. The van der Waals surface area contributed by atoms with Crippen LogP contribution in [0.3, 0.4) is 0 Å². The van der Waals surface area contributed by atoms with E-state index < -0.39 is 12.1 Å². The minimum atomic E-state index is -4.15. The maximum atomic E-state index is 12.8. The molecule has 158 valence electrons. The first-order chi connectivity index (χ1) is 14.3. The number of hydrogen-bond acceptors (Lipinski definition) is 5. The topological polar surface area (TPSA) is 63.9 Å². The molecule has 0 aliphatic carbocycles. The Bertz CT molecular complexity index is 1050. The van der Waals surface area contributed by atoms with Gasteiger partial charge in [0.25, 0.3) is 0 Å². The zero-order chi connectivity index (χ0) is 21.3. The molecule has 1 fully saturated rings. The summed E-state index contributed by atoms with van der Waals surface area (Å²) < 4.78 is 40.0. The van der Waals surface area contributed by atoms with E-state index in [0.29, 0.717) is 5.69 Å². The molecule has 0 unspecified atom stereocenters. The Labute approximate surface area is 171 Å². The highest BCUT2D eigenvalue weighted by Gasteiger charge is 2.41. The van der Waals surface area contributed by atoms with Gasteiger partial charge in [-0.05, 0) is 44.1 Å². The molecule has 0 saturated carbocycles. The van der Waals surface area contributed by atoms with Crippen LogP contribution in [0.1, 0.15) is 18.5 Å². The Morgan fingerprint density at radius 2 is 1.97 bits per heavy atom. The maximum Gasteiger partial charge on any atom is 0.391 e. The fraction of sp³-hybridized carbons (Fsp3) is 0.429. The molecule has 0 radical (unpaired) electrons. The third-order valence-electron chi connectivity index (χ3n) is 5.46. The quantitative estimate of drug-likeness (QED) is 0.637. The lowest BCUT2D eigenvalue weighted by molar-refractivity contribution is -0.185. The van der Waals surface area contributed by atoms with Gasteiger partial charge in [0.15, 0.2) is 5.78 Å². The third kappa shape index (κ3) is 4.67. The van der Waals surface area contributed by atoms with Crippen molar-refractivity contribution in [2.24, 2.45) is 13.0 Å². The molecular weight excluding hydrogens is 395 g/mol. The second kappa shape index (κ2) is 8.14. The van der Waals surface area contributed by atoms with Crippen molar-refractivity contribution in [1.82, 2.24) is 24.6 Å². The lowest BCUT2D eigenvalue weighted by atomic mass is 9.96. The fourth-order valence-electron chi connectivity index (χ4n) is 3.79. The van der Waals surface area contributed by atoms with Crippen LogP contribution in [-0.2, 0) is 18.3 Å². The zero-order valence-corrected chi connectivity index (χ0v) is 16.6. The normalized spacial score (nSPS) is 16.3. The van der Waals surface area contributed by atoms with Crippen LogP contribution in [0.5, 0.6) is 0 Å². The van der Waals surface area contributed by atoms with Crippen molar-refractivity contribution in [2.75, 3.05) is 19.6 Å². The highest BCUT2D eigenvalue weighted by atomic mass is 19.4. The summed E-state index contributed by atoms with van der Waals surface area (Å²) in [5, 5.41) is 5.02. The molecule has 4 rings (SSSR count). The molecule has 1 saturated heterocycles. The first kappa shape index (κ1) is 20.5. The molecule has 0 bridgehead atoms. The number of halogens is 3. The van der Waals surface area contributed by atoms with Gasteiger partial charge in [0.1, 0.15) is 0 Å². The number of carbonyl (C=O) groups excluding carboxylic acids is 1. The van der Waals surface area contributed by atoms with Gasteiger partial charge in [0, 0.05) is 36.1 Å². The van der Waals surface area contributed by atoms with E-state index in [9.17, 15) is 18.0 Å². The lowest BCUT2D eigenvalue weighted by Crippen LogP contribution is -2.41. The van der Waals surface area contributed by atoms with E-state index in [1.54, 1.807) is 28.0 Å². The van der Waals surface area contributed by atoms with Crippen LogP contribution in [-0.4, -0.2) is 56.2 Å². The minimum absolute atomic E-state index is 0.0477. The van der Waals surface area contributed by atoms with Crippen LogP contribution in [0.4, 0.5) is 13.2 Å². The van der Waals surface area contributed by atoms with Gasteiger partial charge in [-0.15, -0.1) is 0 Å². The molecule has 0 spiro atoms. The van der Waals surface area contributed by atoms with Gasteiger partial charge in [-0.25, -0.2) is 4.98 Å². The molecule has 6 nitrogen and oxygen atoms in total. The summed E-state index contributed by atoms with van der Waals surface area (Å²) in [5.74, 6) is -1.32. The molecule has 1 aliphatic rings. The van der Waals surface area contributed by atoms with Gasteiger partial charge in [0.05, 0.1) is 36.3 Å². The molecule has 3 aromatic rings. The van der Waals surface area contributed by atoms with Crippen LogP contribution in [0, 0.1) is 5.92 Å². The average molecular weight is 417 g/mol. The van der Waals surface area contributed by atoms with Crippen molar-refractivity contribution in [3.05, 3.63) is 42.5 Å². The van der Waals surface area contributed by atoms with E-state index in [0.717, 1.165) is 22.2 Å². The molecule has 0 N–H and O–H groups in total. The van der Waals surface area contributed by atoms with Crippen molar-refractivity contribution in [3.8, 4) is 11.3 Å². The first-order valence-electron chi connectivity index (χ1n) is 9.83. The molecule has 3 aromatic heterocycles. The molecule has 30 heavy (non-hydrogen) atoms. The highest BCUT2D eigenvalue weighted by Crippen LogP contribution is 2.34. The lowest BCUT2D eigenvalue weighted by Gasteiger charge is -2.32. The van der Waals surface area contributed by atoms with Crippen LogP contribution >= 0.6 is 0 Å². The number of carbonyl (C=O) groups is 1. The standard InChI is InChI=1S/C21H22F3N5O/c1-28-12-15(11-26-28)19-3-2-14-10-25-17(9-20(14)27-19)8-18(30)13-29-6-4-16(5-7-29)21(22,23)24/h2-3,9-12,16H,4-8,13H2,1H3. The molecule has 1 aliphatic heterocycles. The number of aromatic nitrogens is 4. The van der Waals surface area contributed by atoms with Crippen molar-refractivity contribution < 1.29 is 18.0 Å². The van der Waals surface area contributed by atoms with Gasteiger partial charge in [-0.3, -0.25) is 19.4 Å². The summed E-state index contributed by atoms with van der Waals surface area (Å²) in [6.45, 7) is 0.724. The summed E-state index contributed by atoms with van der Waals surface area (Å²) in [7, 11) is 1.84. The van der Waals surface area contributed by atoms with Crippen molar-refractivity contribution in [2.45, 2.75) is 25.4 Å². The third-order valence-corrected chi connectivity index (χ3v) is 5.46. The van der Waals surface area contributed by atoms with E-state index in [2.05, 4.69) is 15.1 Å². The highest BCUT2D eigenvalue weighted by molar-refractivity contribution is 5.85. The van der Waals surface area contributed by atoms with E-state index in [4.69, 9.17) is 0 Å². The number of aryl methyl sites for hydroxylation is 1. The van der Waals surface area contributed by atoms with Gasteiger partial charge in [-0.1, -0.05) is 0 Å². The number of alkyl halides is 3. The number of fused-ring (bicyclic) bond motifs is 1. The van der Waals surface area contributed by atoms with Gasteiger partial charge < -0.3 is 0 Å². The van der Waals surface area contributed by atoms with Crippen LogP contribution in [0.15, 0.2) is 36.8 Å². The van der Waals surface area contributed by atoms with E-state index in [-0.39, 0.29) is 44.7 Å². The predicted molar refractivity (Wildman–Crippen MR) is 106 cm³/mol. The fourth-order valence-corrected chi connectivity index (χ4v) is 3.79. The average Bonchev–Trinajstić information content (AvgIpc) is 3.13. The Balaban J connectivity index is 1.40. The van der Waals surface area contributed by atoms with Gasteiger partial charge in [0.2, 0.25) is 0 Å². The largest absolute Gasteiger partial charge is 0.391 e. The van der Waals surface area contributed by atoms with Crippen molar-refractivity contribution in [3.63, 3.8) is 0 Å². The number of ketones is 1. The van der Waals surface area contributed by atoms with E-state index >= 15 is 0 Å². The SMILES string of the molecule is Cn1cc(-c2ccc3cnc(CC(=O)CN4CCC(C(F)(F)F)CC4)cc3n2)cn1. The Hall–Kier alpha value is -2.81. The summed E-state index contributed by atoms with van der Waals surface area (Å²) in [4.78, 5) is 23.2. The minimum Gasteiger partial charge on any atom is -0.298 e. The number of Topliss-reactive ketones (excluding diaryl/α,β-unsaturated/α-hetero) is 1. The molecule has 0 amide bonds. The Morgan fingerprint density at radius 1 is 1.20 bits per heavy atom. The number of hydrogen-bond donors (Lipinski definition) is 0. The van der Waals surface area contributed by atoms with Crippen molar-refractivity contribution in [1.29, 1.82) is 0 Å². The first-order valence-corrected chi connectivity index (χ1v) is 9.83. The molecule has 4 heterocycles. The second-order valence-corrected chi connectivity index (χ2v) is 7.77. The van der Waals surface area contributed by atoms with Gasteiger partial charge in [-0.2, -0.15) is 18.3 Å². The number of pyridine rings is 2. The summed E-state index contributed by atoms with van der Waals surface area (Å²) in [5.41, 5.74) is 3.02. The number of piperidine rings is 1. The molecule has 0 atom stereocenters. The molecule has 0 aromatic carbocycles. The molecule has 9 heteroatoms. The Morgan fingerprint density at radius 3 is 2.63 bits per heavy atom. The monoisotopic (exact) mass is 417 g/mol. The number of likely N-dealkylation sites (tertiary alicyclic amines) is 1. The predicted octanol–water partition coefficient (Wildman–Crippen LogP) is 3.42. The summed E-state index contributed by atoms with van der Waals surface area (Å²) >= 11 is 0. The Kier molecular flexibility index (Phi) is 5.55. The zero-order valence-electron chi connectivity index (χ0n) is 16.6. The summed E-state index contributed by atoms with van der Waals surface area (Å²) in [6, 6.07) is 5.62. The van der Waals surface area contributed by atoms with Gasteiger partial charge >= 0.3 is 6.18 Å². The molecular formula is C21H22F3N5O. The van der Waals surface area contributed by atoms with E-state index in [1.165, 1.54) is 0 Å². The smallest absolute Gasteiger partial charge is 0.298 e. The van der Waals surface area contributed by atoms with Crippen LogP contribution in [0.2, 0.25) is 0 Å².